The Labute approximate surface area is 123 Å². The van der Waals surface area contributed by atoms with Crippen molar-refractivity contribution in [1.29, 1.82) is 0 Å². The lowest BCUT2D eigenvalue weighted by atomic mass is 10.3. The standard InChI is InChI=1S/C13H18N4O3S/c1-2-8-17-21(18,19)12-5-3-11(4-6-12)14-9-7-13-15-10-16-20-13/h3-6,10,14,17H,2,7-9H2,1H3. The SMILES string of the molecule is CCCNS(=O)(=O)c1ccc(NCCc2ncno2)cc1. The summed E-state index contributed by atoms with van der Waals surface area (Å²) in [4.78, 5) is 4.18. The predicted molar refractivity (Wildman–Crippen MR) is 78.4 cm³/mol. The predicted octanol–water partition coefficient (Wildman–Crippen LogP) is 1.41. The van der Waals surface area contributed by atoms with E-state index in [1.807, 2.05) is 6.92 Å². The maximum Gasteiger partial charge on any atom is 0.240 e. The molecule has 1 aromatic heterocycles. The van der Waals surface area contributed by atoms with Crippen molar-refractivity contribution < 1.29 is 12.9 Å². The number of anilines is 1. The van der Waals surface area contributed by atoms with Gasteiger partial charge < -0.3 is 9.84 Å². The molecule has 2 N–H and O–H groups in total. The normalized spacial score (nSPS) is 11.5. The van der Waals surface area contributed by atoms with Gasteiger partial charge in [0.25, 0.3) is 0 Å². The van der Waals surface area contributed by atoms with Gasteiger partial charge in [0.15, 0.2) is 6.33 Å². The van der Waals surface area contributed by atoms with Gasteiger partial charge in [0, 0.05) is 25.2 Å². The Morgan fingerprint density at radius 1 is 1.19 bits per heavy atom. The van der Waals surface area contributed by atoms with Crippen LogP contribution in [0.2, 0.25) is 0 Å². The molecule has 2 rings (SSSR count). The molecule has 0 saturated heterocycles. The highest BCUT2D eigenvalue weighted by atomic mass is 32.2. The summed E-state index contributed by atoms with van der Waals surface area (Å²) in [6.45, 7) is 2.98. The van der Waals surface area contributed by atoms with Crippen molar-refractivity contribution in [3.8, 4) is 0 Å². The van der Waals surface area contributed by atoms with Crippen LogP contribution in [0, 0.1) is 0 Å². The van der Waals surface area contributed by atoms with Crippen LogP contribution in [0.25, 0.3) is 0 Å². The molecule has 7 nitrogen and oxygen atoms in total. The minimum absolute atomic E-state index is 0.262. The van der Waals surface area contributed by atoms with E-state index in [4.69, 9.17) is 4.52 Å². The Balaban J connectivity index is 1.89. The lowest BCUT2D eigenvalue weighted by Crippen LogP contribution is -2.24. The van der Waals surface area contributed by atoms with E-state index in [0.29, 0.717) is 25.4 Å². The maximum atomic E-state index is 11.9. The van der Waals surface area contributed by atoms with Crippen LogP contribution in [0.1, 0.15) is 19.2 Å². The fourth-order valence-corrected chi connectivity index (χ4v) is 2.83. The highest BCUT2D eigenvalue weighted by Gasteiger charge is 2.12. The molecular formula is C13H18N4O3S. The van der Waals surface area contributed by atoms with Gasteiger partial charge in [-0.1, -0.05) is 12.1 Å². The molecule has 1 aromatic carbocycles. The zero-order valence-corrected chi connectivity index (χ0v) is 12.6. The van der Waals surface area contributed by atoms with Gasteiger partial charge >= 0.3 is 0 Å². The van der Waals surface area contributed by atoms with Gasteiger partial charge in [-0.15, -0.1) is 0 Å². The van der Waals surface area contributed by atoms with Gasteiger partial charge in [0.05, 0.1) is 4.90 Å². The first-order valence-electron chi connectivity index (χ1n) is 6.71. The Kier molecular flexibility index (Phi) is 5.29. The number of aromatic nitrogens is 2. The monoisotopic (exact) mass is 310 g/mol. The van der Waals surface area contributed by atoms with E-state index in [2.05, 4.69) is 20.2 Å². The van der Waals surface area contributed by atoms with Crippen LogP contribution in [-0.4, -0.2) is 31.6 Å². The van der Waals surface area contributed by atoms with Gasteiger partial charge in [0.1, 0.15) is 0 Å². The summed E-state index contributed by atoms with van der Waals surface area (Å²) in [5, 5.41) is 6.69. The number of nitrogens with zero attached hydrogens (tertiary/aromatic N) is 2. The third-order valence-corrected chi connectivity index (χ3v) is 4.26. The van der Waals surface area contributed by atoms with Crippen molar-refractivity contribution in [1.82, 2.24) is 14.9 Å². The third kappa shape index (κ3) is 4.54. The van der Waals surface area contributed by atoms with Crippen molar-refractivity contribution in [3.63, 3.8) is 0 Å². The maximum absolute atomic E-state index is 11.9. The molecule has 0 radical (unpaired) electrons. The first-order chi connectivity index (χ1) is 10.1. The summed E-state index contributed by atoms with van der Waals surface area (Å²) in [6, 6.07) is 6.61. The van der Waals surface area contributed by atoms with Crippen LogP contribution in [-0.2, 0) is 16.4 Å². The first kappa shape index (κ1) is 15.5. The quantitative estimate of drug-likeness (QED) is 0.765. The Bertz CT molecular complexity index is 639. The number of hydrogen-bond acceptors (Lipinski definition) is 6. The number of hydrogen-bond donors (Lipinski definition) is 2. The van der Waals surface area contributed by atoms with Crippen LogP contribution in [0.4, 0.5) is 5.69 Å². The van der Waals surface area contributed by atoms with Gasteiger partial charge in [0.2, 0.25) is 15.9 Å². The second kappa shape index (κ2) is 7.19. The van der Waals surface area contributed by atoms with Crippen LogP contribution >= 0.6 is 0 Å². The van der Waals surface area contributed by atoms with E-state index < -0.39 is 10.0 Å². The molecule has 0 bridgehead atoms. The molecule has 114 valence electrons. The Morgan fingerprint density at radius 3 is 2.57 bits per heavy atom. The van der Waals surface area contributed by atoms with E-state index in [9.17, 15) is 8.42 Å². The second-order valence-electron chi connectivity index (χ2n) is 4.43. The molecule has 0 fully saturated rings. The topological polar surface area (TPSA) is 97.1 Å². The summed E-state index contributed by atoms with van der Waals surface area (Å²) in [7, 11) is -3.41. The van der Waals surface area contributed by atoms with Crippen molar-refractivity contribution in [2.45, 2.75) is 24.7 Å². The van der Waals surface area contributed by atoms with Crippen molar-refractivity contribution >= 4 is 15.7 Å². The van der Waals surface area contributed by atoms with E-state index >= 15 is 0 Å². The largest absolute Gasteiger partial charge is 0.385 e. The molecule has 8 heteroatoms. The smallest absolute Gasteiger partial charge is 0.240 e. The highest BCUT2D eigenvalue weighted by Crippen LogP contribution is 2.14. The van der Waals surface area contributed by atoms with E-state index in [0.717, 1.165) is 12.1 Å². The average molecular weight is 310 g/mol. The molecule has 0 unspecified atom stereocenters. The van der Waals surface area contributed by atoms with Gasteiger partial charge in [-0.25, -0.2) is 13.1 Å². The summed E-state index contributed by atoms with van der Waals surface area (Å²) >= 11 is 0. The number of benzene rings is 1. The zero-order valence-electron chi connectivity index (χ0n) is 11.7. The molecule has 2 aromatic rings. The Hall–Kier alpha value is -1.93. The van der Waals surface area contributed by atoms with E-state index in [1.165, 1.54) is 6.33 Å². The van der Waals surface area contributed by atoms with Gasteiger partial charge in [-0.05, 0) is 30.7 Å². The van der Waals surface area contributed by atoms with Crippen LogP contribution < -0.4 is 10.0 Å². The van der Waals surface area contributed by atoms with Crippen LogP contribution in [0.5, 0.6) is 0 Å². The zero-order chi connectivity index (χ0) is 15.1. The van der Waals surface area contributed by atoms with Crippen molar-refractivity contribution in [2.75, 3.05) is 18.4 Å². The lowest BCUT2D eigenvalue weighted by molar-refractivity contribution is 0.380. The van der Waals surface area contributed by atoms with Crippen molar-refractivity contribution in [2.24, 2.45) is 0 Å². The average Bonchev–Trinajstić information content (AvgIpc) is 2.99. The molecule has 0 aliphatic carbocycles. The summed E-state index contributed by atoms with van der Waals surface area (Å²) in [6.07, 6.45) is 2.73. The minimum Gasteiger partial charge on any atom is -0.385 e. The number of rotatable bonds is 8. The van der Waals surface area contributed by atoms with E-state index in [1.54, 1.807) is 24.3 Å². The second-order valence-corrected chi connectivity index (χ2v) is 6.20. The highest BCUT2D eigenvalue weighted by molar-refractivity contribution is 7.89. The Morgan fingerprint density at radius 2 is 1.95 bits per heavy atom. The fourth-order valence-electron chi connectivity index (χ4n) is 1.69. The molecule has 0 atom stereocenters. The molecule has 21 heavy (non-hydrogen) atoms. The van der Waals surface area contributed by atoms with E-state index in [-0.39, 0.29) is 4.90 Å². The summed E-state index contributed by atoms with van der Waals surface area (Å²) < 4.78 is 31.2. The molecular weight excluding hydrogens is 292 g/mol. The van der Waals surface area contributed by atoms with Gasteiger partial charge in [-0.2, -0.15) is 4.98 Å². The first-order valence-corrected chi connectivity index (χ1v) is 8.19. The summed E-state index contributed by atoms with van der Waals surface area (Å²) in [5.74, 6) is 0.561. The lowest BCUT2D eigenvalue weighted by Gasteiger charge is -2.08. The summed E-state index contributed by atoms with van der Waals surface area (Å²) in [5.41, 5.74) is 0.837. The fraction of sp³-hybridized carbons (Fsp3) is 0.385. The van der Waals surface area contributed by atoms with Crippen LogP contribution in [0.3, 0.4) is 0 Å². The van der Waals surface area contributed by atoms with Crippen molar-refractivity contribution in [3.05, 3.63) is 36.5 Å². The molecule has 1 heterocycles. The molecule has 0 aliphatic heterocycles. The molecule has 0 spiro atoms. The van der Waals surface area contributed by atoms with Crippen LogP contribution in [0.15, 0.2) is 40.0 Å². The minimum atomic E-state index is -3.41. The molecule has 0 aliphatic rings. The molecule has 0 amide bonds. The van der Waals surface area contributed by atoms with Gasteiger partial charge in [-0.3, -0.25) is 0 Å². The number of nitrogens with one attached hydrogen (secondary N) is 2. The molecule has 0 saturated carbocycles. The number of sulfonamides is 1. The third-order valence-electron chi connectivity index (χ3n) is 2.78.